The summed E-state index contributed by atoms with van der Waals surface area (Å²) in [6, 6.07) is 12.1. The van der Waals surface area contributed by atoms with Crippen molar-refractivity contribution >= 4 is 33.2 Å². The van der Waals surface area contributed by atoms with Gasteiger partial charge in [-0.25, -0.2) is 0 Å². The van der Waals surface area contributed by atoms with Crippen molar-refractivity contribution in [3.63, 3.8) is 0 Å². The Morgan fingerprint density at radius 3 is 2.72 bits per heavy atom. The molecule has 0 aromatic heterocycles. The molecule has 0 aliphatic carbocycles. The van der Waals surface area contributed by atoms with Gasteiger partial charge in [-0.05, 0) is 54.8 Å². The molecule has 0 saturated carbocycles. The maximum atomic E-state index is 6.01. The van der Waals surface area contributed by atoms with E-state index in [9.17, 15) is 0 Å². The van der Waals surface area contributed by atoms with E-state index in [1.165, 1.54) is 16.8 Å². The lowest BCUT2D eigenvalue weighted by atomic mass is 10.1. The second-order valence-electron chi connectivity index (χ2n) is 4.34. The van der Waals surface area contributed by atoms with E-state index in [1.54, 1.807) is 0 Å². The molecule has 0 aliphatic rings. The van der Waals surface area contributed by atoms with E-state index < -0.39 is 0 Å². The second-order valence-corrected chi connectivity index (χ2v) is 5.63. The Bertz CT molecular complexity index is 564. The van der Waals surface area contributed by atoms with Crippen molar-refractivity contribution in [2.75, 3.05) is 5.32 Å². The predicted molar refractivity (Wildman–Crippen MR) is 82.4 cm³/mol. The lowest BCUT2D eigenvalue weighted by molar-refractivity contribution is 1.12. The fourth-order valence-corrected chi connectivity index (χ4v) is 2.39. The molecule has 1 N–H and O–H groups in total. The van der Waals surface area contributed by atoms with Crippen LogP contribution in [-0.2, 0) is 6.54 Å². The van der Waals surface area contributed by atoms with E-state index in [0.29, 0.717) is 0 Å². The minimum atomic E-state index is 0.755. The summed E-state index contributed by atoms with van der Waals surface area (Å²) in [6.45, 7) is 5.01. The Balaban J connectivity index is 2.16. The van der Waals surface area contributed by atoms with Crippen LogP contribution in [0, 0.1) is 13.8 Å². The van der Waals surface area contributed by atoms with Gasteiger partial charge in [0.05, 0.1) is 0 Å². The Morgan fingerprint density at radius 1 is 1.17 bits per heavy atom. The van der Waals surface area contributed by atoms with E-state index >= 15 is 0 Å². The number of halogens is 2. The molecule has 1 nitrogen and oxygen atoms in total. The van der Waals surface area contributed by atoms with Crippen molar-refractivity contribution in [3.8, 4) is 0 Å². The topological polar surface area (TPSA) is 12.0 Å². The maximum Gasteiger partial charge on any atom is 0.0412 e. The molecule has 0 unspecified atom stereocenters. The van der Waals surface area contributed by atoms with Crippen LogP contribution in [0.4, 0.5) is 5.69 Å². The van der Waals surface area contributed by atoms with E-state index in [0.717, 1.165) is 21.6 Å². The van der Waals surface area contributed by atoms with Crippen LogP contribution in [-0.4, -0.2) is 0 Å². The van der Waals surface area contributed by atoms with Gasteiger partial charge in [-0.1, -0.05) is 39.7 Å². The van der Waals surface area contributed by atoms with E-state index in [2.05, 4.69) is 53.3 Å². The standard InChI is InChI=1S/C15H15BrClN/c1-10-4-3-5-15(11(10)2)18-9-12-8-13(17)6-7-14(12)16/h3-8,18H,9H2,1-2H3. The maximum absolute atomic E-state index is 6.01. The van der Waals surface area contributed by atoms with Gasteiger partial charge >= 0.3 is 0 Å². The number of aryl methyl sites for hydroxylation is 1. The highest BCUT2D eigenvalue weighted by Crippen LogP contribution is 2.24. The molecule has 0 radical (unpaired) electrons. The zero-order chi connectivity index (χ0) is 13.1. The first-order valence-electron chi connectivity index (χ1n) is 5.82. The van der Waals surface area contributed by atoms with Gasteiger partial charge in [-0.15, -0.1) is 0 Å². The van der Waals surface area contributed by atoms with Crippen molar-refractivity contribution in [2.45, 2.75) is 20.4 Å². The average molecular weight is 325 g/mol. The minimum absolute atomic E-state index is 0.755. The van der Waals surface area contributed by atoms with Gasteiger partial charge in [0, 0.05) is 21.7 Å². The summed E-state index contributed by atoms with van der Waals surface area (Å²) in [7, 11) is 0. The number of rotatable bonds is 3. The Hall–Kier alpha value is -0.990. The minimum Gasteiger partial charge on any atom is -0.381 e. The Morgan fingerprint density at radius 2 is 1.94 bits per heavy atom. The van der Waals surface area contributed by atoms with E-state index in [4.69, 9.17) is 11.6 Å². The first kappa shape index (κ1) is 13.4. The molecule has 0 aliphatic heterocycles. The van der Waals surface area contributed by atoms with Gasteiger partial charge in [0.25, 0.3) is 0 Å². The smallest absolute Gasteiger partial charge is 0.0412 e. The number of nitrogens with one attached hydrogen (secondary N) is 1. The third kappa shape index (κ3) is 3.06. The van der Waals surface area contributed by atoms with Crippen LogP contribution in [0.2, 0.25) is 5.02 Å². The van der Waals surface area contributed by atoms with Crippen molar-refractivity contribution in [1.29, 1.82) is 0 Å². The van der Waals surface area contributed by atoms with Crippen LogP contribution >= 0.6 is 27.5 Å². The van der Waals surface area contributed by atoms with Gasteiger partial charge in [0.2, 0.25) is 0 Å². The molecule has 0 atom stereocenters. The molecule has 0 spiro atoms. The third-order valence-corrected chi connectivity index (χ3v) is 4.09. The van der Waals surface area contributed by atoms with Crippen molar-refractivity contribution in [1.82, 2.24) is 0 Å². The molecule has 2 aromatic carbocycles. The van der Waals surface area contributed by atoms with Crippen LogP contribution in [0.25, 0.3) is 0 Å². The van der Waals surface area contributed by atoms with Gasteiger partial charge in [0.15, 0.2) is 0 Å². The largest absolute Gasteiger partial charge is 0.381 e. The summed E-state index contributed by atoms with van der Waals surface area (Å²) in [5.74, 6) is 0. The highest BCUT2D eigenvalue weighted by atomic mass is 79.9. The first-order chi connectivity index (χ1) is 8.58. The molecule has 2 aromatic rings. The van der Waals surface area contributed by atoms with E-state index in [-0.39, 0.29) is 0 Å². The number of hydrogen-bond acceptors (Lipinski definition) is 1. The molecule has 0 saturated heterocycles. The molecule has 3 heteroatoms. The normalized spacial score (nSPS) is 10.4. The molecule has 0 bridgehead atoms. The summed E-state index contributed by atoms with van der Waals surface area (Å²) in [5, 5.41) is 4.21. The summed E-state index contributed by atoms with van der Waals surface area (Å²) < 4.78 is 1.07. The fourth-order valence-electron chi connectivity index (χ4n) is 1.81. The number of benzene rings is 2. The van der Waals surface area contributed by atoms with E-state index in [1.807, 2.05) is 18.2 Å². The zero-order valence-electron chi connectivity index (χ0n) is 10.4. The summed E-state index contributed by atoms with van der Waals surface area (Å²) in [6.07, 6.45) is 0. The van der Waals surface area contributed by atoms with Crippen molar-refractivity contribution in [2.24, 2.45) is 0 Å². The SMILES string of the molecule is Cc1cccc(NCc2cc(Cl)ccc2Br)c1C. The fraction of sp³-hybridized carbons (Fsp3) is 0.200. The Kier molecular flexibility index (Phi) is 4.31. The molecule has 0 fully saturated rings. The third-order valence-electron chi connectivity index (χ3n) is 3.08. The highest BCUT2D eigenvalue weighted by molar-refractivity contribution is 9.10. The summed E-state index contributed by atoms with van der Waals surface area (Å²) >= 11 is 9.54. The lowest BCUT2D eigenvalue weighted by Crippen LogP contribution is -2.02. The van der Waals surface area contributed by atoms with Crippen LogP contribution in [0.15, 0.2) is 40.9 Å². The van der Waals surface area contributed by atoms with Gasteiger partial charge in [-0.3, -0.25) is 0 Å². The quantitative estimate of drug-likeness (QED) is 0.804. The lowest BCUT2D eigenvalue weighted by Gasteiger charge is -2.12. The van der Waals surface area contributed by atoms with Crippen molar-refractivity contribution < 1.29 is 0 Å². The Labute approximate surface area is 121 Å². The molecular formula is C15H15BrClN. The zero-order valence-corrected chi connectivity index (χ0v) is 12.8. The average Bonchev–Trinajstić information content (AvgIpc) is 2.35. The molecule has 0 heterocycles. The predicted octanol–water partition coefficient (Wildman–Crippen LogP) is 5.33. The first-order valence-corrected chi connectivity index (χ1v) is 6.99. The monoisotopic (exact) mass is 323 g/mol. The molecule has 2 rings (SSSR count). The van der Waals surface area contributed by atoms with Crippen LogP contribution in [0.3, 0.4) is 0 Å². The number of anilines is 1. The highest BCUT2D eigenvalue weighted by Gasteiger charge is 2.03. The van der Waals surface area contributed by atoms with Gasteiger partial charge in [-0.2, -0.15) is 0 Å². The van der Waals surface area contributed by atoms with Crippen LogP contribution in [0.1, 0.15) is 16.7 Å². The van der Waals surface area contributed by atoms with Crippen LogP contribution < -0.4 is 5.32 Å². The summed E-state index contributed by atoms with van der Waals surface area (Å²) in [5.41, 5.74) is 4.91. The van der Waals surface area contributed by atoms with Gasteiger partial charge in [0.1, 0.15) is 0 Å². The number of hydrogen-bond donors (Lipinski definition) is 1. The molecule has 94 valence electrons. The van der Waals surface area contributed by atoms with Gasteiger partial charge < -0.3 is 5.32 Å². The van der Waals surface area contributed by atoms with Crippen molar-refractivity contribution in [3.05, 3.63) is 62.6 Å². The molecule has 18 heavy (non-hydrogen) atoms. The second kappa shape index (κ2) is 5.77. The molecular weight excluding hydrogens is 310 g/mol. The summed E-state index contributed by atoms with van der Waals surface area (Å²) in [4.78, 5) is 0. The van der Waals surface area contributed by atoms with Crippen LogP contribution in [0.5, 0.6) is 0 Å². The molecule has 0 amide bonds.